The molecule has 0 saturated heterocycles. The average molecular weight is 295 g/mol. The molecular formula is C15H23ClN4. The molecule has 0 bridgehead atoms. The summed E-state index contributed by atoms with van der Waals surface area (Å²) in [6.45, 7) is 10.6. The van der Waals surface area contributed by atoms with Crippen LogP contribution in [0.3, 0.4) is 0 Å². The number of rotatable bonds is 5. The zero-order valence-electron chi connectivity index (χ0n) is 12.6. The Hall–Kier alpha value is -1.26. The van der Waals surface area contributed by atoms with E-state index in [1.165, 1.54) is 0 Å². The molecule has 20 heavy (non-hydrogen) atoms. The summed E-state index contributed by atoms with van der Waals surface area (Å²) in [5.41, 5.74) is 7.82. The van der Waals surface area contributed by atoms with Crippen LogP contribution in [0.4, 0.5) is 5.95 Å². The Morgan fingerprint density at radius 1 is 1.25 bits per heavy atom. The molecule has 5 heteroatoms. The molecule has 0 aliphatic carbocycles. The van der Waals surface area contributed by atoms with Gasteiger partial charge in [-0.1, -0.05) is 17.7 Å². The molecule has 1 aromatic heterocycles. The number of nitrogens with two attached hydrogens (primary N) is 1. The lowest BCUT2D eigenvalue weighted by Gasteiger charge is -2.30. The highest BCUT2D eigenvalue weighted by molar-refractivity contribution is 6.35. The van der Waals surface area contributed by atoms with E-state index in [-0.39, 0.29) is 0 Å². The predicted octanol–water partition coefficient (Wildman–Crippen LogP) is 3.39. The molecule has 1 aromatic carbocycles. The van der Waals surface area contributed by atoms with Crippen molar-refractivity contribution in [1.82, 2.24) is 14.5 Å². The summed E-state index contributed by atoms with van der Waals surface area (Å²) in [5.74, 6) is 0.528. The molecule has 2 aromatic rings. The number of fused-ring (bicyclic) bond motifs is 1. The van der Waals surface area contributed by atoms with Gasteiger partial charge in [0.25, 0.3) is 0 Å². The molecule has 0 radical (unpaired) electrons. The van der Waals surface area contributed by atoms with Crippen LogP contribution in [-0.4, -0.2) is 33.1 Å². The van der Waals surface area contributed by atoms with Crippen LogP contribution in [0.1, 0.15) is 27.7 Å². The van der Waals surface area contributed by atoms with Gasteiger partial charge in [-0.25, -0.2) is 4.98 Å². The Morgan fingerprint density at radius 3 is 2.50 bits per heavy atom. The van der Waals surface area contributed by atoms with E-state index in [4.69, 9.17) is 17.3 Å². The molecule has 1 heterocycles. The largest absolute Gasteiger partial charge is 0.369 e. The van der Waals surface area contributed by atoms with Gasteiger partial charge in [-0.05, 0) is 39.8 Å². The highest BCUT2D eigenvalue weighted by Crippen LogP contribution is 2.25. The van der Waals surface area contributed by atoms with Gasteiger partial charge in [-0.2, -0.15) is 0 Å². The van der Waals surface area contributed by atoms with Gasteiger partial charge in [0, 0.05) is 25.2 Å². The SMILES string of the molecule is CC(C)N(CCn1c(N)nc2c(Cl)cccc21)C(C)C. The second-order valence-corrected chi connectivity index (χ2v) is 6.06. The number of aromatic nitrogens is 2. The standard InChI is InChI=1S/C15H23ClN4/c1-10(2)19(11(3)4)8-9-20-13-7-5-6-12(16)14(13)18-15(20)17/h5-7,10-11H,8-9H2,1-4H3,(H2,17,18). The molecule has 4 nitrogen and oxygen atoms in total. The minimum Gasteiger partial charge on any atom is -0.369 e. The minimum atomic E-state index is 0.509. The first-order valence-corrected chi connectivity index (χ1v) is 7.45. The van der Waals surface area contributed by atoms with Crippen LogP contribution in [-0.2, 0) is 6.54 Å². The molecule has 2 N–H and O–H groups in total. The number of halogens is 1. The van der Waals surface area contributed by atoms with Crippen molar-refractivity contribution in [3.05, 3.63) is 23.2 Å². The van der Waals surface area contributed by atoms with Crippen molar-refractivity contribution >= 4 is 28.6 Å². The molecule has 110 valence electrons. The Labute approximate surface area is 125 Å². The van der Waals surface area contributed by atoms with Crippen LogP contribution >= 0.6 is 11.6 Å². The lowest BCUT2D eigenvalue weighted by molar-refractivity contribution is 0.169. The van der Waals surface area contributed by atoms with E-state index in [9.17, 15) is 0 Å². The van der Waals surface area contributed by atoms with Crippen molar-refractivity contribution in [2.45, 2.75) is 46.3 Å². The van der Waals surface area contributed by atoms with Crippen molar-refractivity contribution in [2.24, 2.45) is 0 Å². The molecular weight excluding hydrogens is 272 g/mol. The van der Waals surface area contributed by atoms with Crippen molar-refractivity contribution in [3.63, 3.8) is 0 Å². The van der Waals surface area contributed by atoms with Gasteiger partial charge in [-0.15, -0.1) is 0 Å². The Bertz CT molecular complexity index is 581. The van der Waals surface area contributed by atoms with E-state index < -0.39 is 0 Å². The third kappa shape index (κ3) is 2.91. The van der Waals surface area contributed by atoms with Gasteiger partial charge in [0.1, 0.15) is 5.52 Å². The summed E-state index contributed by atoms with van der Waals surface area (Å²) in [6, 6.07) is 6.81. The molecule has 0 unspecified atom stereocenters. The van der Waals surface area contributed by atoms with E-state index in [1.54, 1.807) is 0 Å². The quantitative estimate of drug-likeness (QED) is 0.919. The molecule has 0 atom stereocenters. The monoisotopic (exact) mass is 294 g/mol. The Kier molecular flexibility index (Phi) is 4.55. The molecule has 0 fully saturated rings. The molecule has 0 aliphatic rings. The zero-order valence-corrected chi connectivity index (χ0v) is 13.4. The number of benzene rings is 1. The van der Waals surface area contributed by atoms with Crippen LogP contribution < -0.4 is 5.73 Å². The first kappa shape index (κ1) is 15.1. The van der Waals surface area contributed by atoms with Crippen LogP contribution in [0, 0.1) is 0 Å². The summed E-state index contributed by atoms with van der Waals surface area (Å²) in [4.78, 5) is 6.81. The van der Waals surface area contributed by atoms with Crippen LogP contribution in [0.25, 0.3) is 11.0 Å². The highest BCUT2D eigenvalue weighted by Gasteiger charge is 2.15. The molecule has 0 amide bonds. The molecule has 0 saturated carbocycles. The Morgan fingerprint density at radius 2 is 1.90 bits per heavy atom. The van der Waals surface area contributed by atoms with E-state index >= 15 is 0 Å². The maximum atomic E-state index is 6.16. The van der Waals surface area contributed by atoms with E-state index in [2.05, 4.69) is 37.6 Å². The first-order chi connectivity index (χ1) is 9.41. The van der Waals surface area contributed by atoms with Gasteiger partial charge in [0.05, 0.1) is 10.5 Å². The lowest BCUT2D eigenvalue weighted by atomic mass is 10.2. The topological polar surface area (TPSA) is 47.1 Å². The summed E-state index contributed by atoms with van der Waals surface area (Å²) in [7, 11) is 0. The number of para-hydroxylation sites is 1. The van der Waals surface area contributed by atoms with Crippen LogP contribution in [0.2, 0.25) is 5.02 Å². The highest BCUT2D eigenvalue weighted by atomic mass is 35.5. The molecule has 0 spiro atoms. The van der Waals surface area contributed by atoms with E-state index in [0.717, 1.165) is 24.1 Å². The van der Waals surface area contributed by atoms with E-state index in [1.807, 2.05) is 22.8 Å². The second-order valence-electron chi connectivity index (χ2n) is 5.65. The maximum Gasteiger partial charge on any atom is 0.201 e. The fraction of sp³-hybridized carbons (Fsp3) is 0.533. The van der Waals surface area contributed by atoms with Gasteiger partial charge in [0.2, 0.25) is 5.95 Å². The van der Waals surface area contributed by atoms with Crippen LogP contribution in [0.5, 0.6) is 0 Å². The number of nitrogen functional groups attached to an aromatic ring is 1. The molecule has 0 aliphatic heterocycles. The number of nitrogens with zero attached hydrogens (tertiary/aromatic N) is 3. The lowest BCUT2D eigenvalue weighted by Crippen LogP contribution is -2.39. The zero-order chi connectivity index (χ0) is 14.9. The third-order valence-electron chi connectivity index (χ3n) is 3.67. The molecule has 2 rings (SSSR count). The van der Waals surface area contributed by atoms with Crippen molar-refractivity contribution in [2.75, 3.05) is 12.3 Å². The van der Waals surface area contributed by atoms with Gasteiger partial charge in [-0.3, -0.25) is 4.90 Å². The summed E-state index contributed by atoms with van der Waals surface area (Å²) < 4.78 is 2.04. The van der Waals surface area contributed by atoms with Crippen molar-refractivity contribution in [3.8, 4) is 0 Å². The number of hydrogen-bond acceptors (Lipinski definition) is 3. The fourth-order valence-corrected chi connectivity index (χ4v) is 2.91. The van der Waals surface area contributed by atoms with Crippen molar-refractivity contribution < 1.29 is 0 Å². The fourth-order valence-electron chi connectivity index (χ4n) is 2.69. The van der Waals surface area contributed by atoms with Gasteiger partial charge >= 0.3 is 0 Å². The minimum absolute atomic E-state index is 0.509. The number of hydrogen-bond donors (Lipinski definition) is 1. The average Bonchev–Trinajstić information content (AvgIpc) is 2.67. The maximum absolute atomic E-state index is 6.16. The van der Waals surface area contributed by atoms with Gasteiger partial charge in [0.15, 0.2) is 0 Å². The van der Waals surface area contributed by atoms with Gasteiger partial charge < -0.3 is 10.3 Å². The number of imidazole rings is 1. The normalized spacial score (nSPS) is 12.2. The summed E-state index contributed by atoms with van der Waals surface area (Å²) in [6.07, 6.45) is 0. The first-order valence-electron chi connectivity index (χ1n) is 7.07. The summed E-state index contributed by atoms with van der Waals surface area (Å²) in [5, 5.41) is 0.650. The second kappa shape index (κ2) is 6.02. The smallest absolute Gasteiger partial charge is 0.201 e. The summed E-state index contributed by atoms with van der Waals surface area (Å²) >= 11 is 6.16. The van der Waals surface area contributed by atoms with E-state index in [0.29, 0.717) is 23.1 Å². The van der Waals surface area contributed by atoms with Crippen molar-refractivity contribution in [1.29, 1.82) is 0 Å². The van der Waals surface area contributed by atoms with Crippen LogP contribution in [0.15, 0.2) is 18.2 Å². The third-order valence-corrected chi connectivity index (χ3v) is 3.97. The predicted molar refractivity (Wildman–Crippen MR) is 86.1 cm³/mol. The Balaban J connectivity index is 2.26. The number of anilines is 1.